The molecule has 2 rings (SSSR count). The predicted octanol–water partition coefficient (Wildman–Crippen LogP) is -1.66. The number of hydrogen-bond acceptors (Lipinski definition) is 8. The third-order valence-corrected chi connectivity index (χ3v) is 4.68. The van der Waals surface area contributed by atoms with Crippen molar-refractivity contribution in [1.29, 1.82) is 0 Å². The summed E-state index contributed by atoms with van der Waals surface area (Å²) in [7, 11) is 0. The number of piperazine rings is 2. The number of nitrogens with zero attached hydrogens (tertiary/aromatic N) is 4. The summed E-state index contributed by atoms with van der Waals surface area (Å²) >= 11 is 0. The first-order valence-electron chi connectivity index (χ1n) is 9.63. The summed E-state index contributed by atoms with van der Waals surface area (Å²) in [5.74, 6) is 0.489. The quantitative estimate of drug-likeness (QED) is 0.524. The van der Waals surface area contributed by atoms with Crippen LogP contribution in [0.2, 0.25) is 0 Å². The maximum absolute atomic E-state index is 10.8. The van der Waals surface area contributed by atoms with E-state index in [1.165, 1.54) is 0 Å². The molecule has 0 aromatic carbocycles. The molecule has 8 nitrogen and oxygen atoms in total. The van der Waals surface area contributed by atoms with Crippen molar-refractivity contribution >= 4 is 11.6 Å². The van der Waals surface area contributed by atoms with Crippen molar-refractivity contribution in [2.75, 3.05) is 91.7 Å². The highest BCUT2D eigenvalue weighted by atomic mass is 16.3. The first-order chi connectivity index (χ1) is 12.4. The zero-order valence-corrected chi connectivity index (χ0v) is 16.5. The van der Waals surface area contributed by atoms with Gasteiger partial charge in [-0.25, -0.2) is 0 Å². The van der Waals surface area contributed by atoms with Gasteiger partial charge in [-0.15, -0.1) is 0 Å². The summed E-state index contributed by atoms with van der Waals surface area (Å²) in [6, 6.07) is 0. The smallest absolute Gasteiger partial charge is 0.143 e. The van der Waals surface area contributed by atoms with Crippen molar-refractivity contribution in [2.45, 2.75) is 13.8 Å². The van der Waals surface area contributed by atoms with Crippen LogP contribution < -0.4 is 5.73 Å². The lowest BCUT2D eigenvalue weighted by molar-refractivity contribution is -0.119. The molecule has 2 aliphatic rings. The van der Waals surface area contributed by atoms with E-state index in [4.69, 9.17) is 10.8 Å². The zero-order chi connectivity index (χ0) is 19.4. The van der Waals surface area contributed by atoms with Crippen LogP contribution in [0.5, 0.6) is 0 Å². The van der Waals surface area contributed by atoms with Crippen molar-refractivity contribution in [1.82, 2.24) is 19.6 Å². The molecule has 0 aliphatic carbocycles. The monoisotopic (exact) mass is 371 g/mol. The molecule has 0 radical (unpaired) electrons. The second-order valence-electron chi connectivity index (χ2n) is 7.15. The topological polar surface area (TPSA) is 93.4 Å². The first-order valence-corrected chi connectivity index (χ1v) is 9.63. The molecule has 2 aliphatic heterocycles. The summed E-state index contributed by atoms with van der Waals surface area (Å²) < 4.78 is 0. The number of β-amino-alcohol motifs (C(OH)–C–C–N with tert-alkyl or cyclic N) is 1. The molecule has 152 valence electrons. The summed E-state index contributed by atoms with van der Waals surface area (Å²) in [5.41, 5.74) is 5.47. The summed E-state index contributed by atoms with van der Waals surface area (Å²) in [4.78, 5) is 30.6. The molecule has 0 aromatic heterocycles. The lowest BCUT2D eigenvalue weighted by Gasteiger charge is -2.33. The third-order valence-electron chi connectivity index (χ3n) is 4.68. The average Bonchev–Trinajstić information content (AvgIpc) is 2.59. The van der Waals surface area contributed by atoms with Crippen molar-refractivity contribution < 1.29 is 14.7 Å². The van der Waals surface area contributed by atoms with E-state index < -0.39 is 0 Å². The average molecular weight is 372 g/mol. The molecule has 2 fully saturated rings. The number of ketones is 2. The minimum atomic E-state index is 0.229. The van der Waals surface area contributed by atoms with Crippen LogP contribution in [-0.4, -0.2) is 128 Å². The molecule has 2 heterocycles. The van der Waals surface area contributed by atoms with Gasteiger partial charge >= 0.3 is 0 Å². The molecule has 0 spiro atoms. The number of carbonyl (C=O) groups excluding carboxylic acids is 2. The Bertz CT molecular complexity index is 368. The normalized spacial score (nSPS) is 20.5. The maximum Gasteiger partial charge on any atom is 0.143 e. The lowest BCUT2D eigenvalue weighted by atomic mass is 10.3. The number of hydrogen-bond donors (Lipinski definition) is 2. The van der Waals surface area contributed by atoms with Gasteiger partial charge < -0.3 is 10.8 Å². The minimum absolute atomic E-state index is 0.229. The fourth-order valence-electron chi connectivity index (χ4n) is 3.30. The molecule has 26 heavy (non-hydrogen) atoms. The molecule has 0 unspecified atom stereocenters. The van der Waals surface area contributed by atoms with Gasteiger partial charge in [0.2, 0.25) is 0 Å². The Hall–Kier alpha value is -0.900. The van der Waals surface area contributed by atoms with Gasteiger partial charge in [0.05, 0.1) is 19.7 Å². The molecule has 2 saturated heterocycles. The molecule has 3 N–H and O–H groups in total. The van der Waals surface area contributed by atoms with Crippen molar-refractivity contribution in [3.63, 3.8) is 0 Å². The van der Waals surface area contributed by atoms with E-state index in [0.717, 1.165) is 72.0 Å². The van der Waals surface area contributed by atoms with Gasteiger partial charge in [0.1, 0.15) is 11.6 Å². The molecule has 8 heteroatoms. The Morgan fingerprint density at radius 1 is 0.731 bits per heavy atom. The SMILES string of the molecule is CC(=O)CN1CCN(CCN)CC1.CC(=O)CN1CCN(CCO)CC1. The highest BCUT2D eigenvalue weighted by Gasteiger charge is 2.17. The summed E-state index contributed by atoms with van der Waals surface area (Å²) in [6.45, 7) is 15.1. The highest BCUT2D eigenvalue weighted by Crippen LogP contribution is 2.01. The van der Waals surface area contributed by atoms with E-state index in [1.54, 1.807) is 13.8 Å². The van der Waals surface area contributed by atoms with Gasteiger partial charge in [-0.1, -0.05) is 0 Å². The second-order valence-corrected chi connectivity index (χ2v) is 7.15. The Kier molecular flexibility index (Phi) is 11.8. The maximum atomic E-state index is 10.8. The van der Waals surface area contributed by atoms with Crippen LogP contribution in [0.1, 0.15) is 13.8 Å². The second kappa shape index (κ2) is 13.3. The van der Waals surface area contributed by atoms with Crippen LogP contribution >= 0.6 is 0 Å². The Balaban J connectivity index is 0.000000260. The van der Waals surface area contributed by atoms with Crippen LogP contribution in [0, 0.1) is 0 Å². The number of Topliss-reactive ketones (excluding diaryl/α,β-unsaturated/α-hetero) is 2. The number of rotatable bonds is 8. The third kappa shape index (κ3) is 10.3. The van der Waals surface area contributed by atoms with Gasteiger partial charge in [0.25, 0.3) is 0 Å². The number of aliphatic hydroxyl groups excluding tert-OH is 1. The Morgan fingerprint density at radius 3 is 1.38 bits per heavy atom. The van der Waals surface area contributed by atoms with Gasteiger partial charge in [-0.05, 0) is 13.8 Å². The van der Waals surface area contributed by atoms with Crippen molar-refractivity contribution in [3.05, 3.63) is 0 Å². The molecule has 0 amide bonds. The van der Waals surface area contributed by atoms with Gasteiger partial charge in [0, 0.05) is 72.0 Å². The number of nitrogens with two attached hydrogens (primary N) is 1. The van der Waals surface area contributed by atoms with E-state index in [1.807, 2.05) is 0 Å². The molecular formula is C18H37N5O3. The van der Waals surface area contributed by atoms with Crippen LogP contribution in [0.4, 0.5) is 0 Å². The van der Waals surface area contributed by atoms with E-state index in [9.17, 15) is 9.59 Å². The number of carbonyl (C=O) groups is 2. The molecule has 0 atom stereocenters. The Morgan fingerprint density at radius 2 is 1.08 bits per heavy atom. The highest BCUT2D eigenvalue weighted by molar-refractivity contribution is 5.77. The largest absolute Gasteiger partial charge is 0.395 e. The fourth-order valence-corrected chi connectivity index (χ4v) is 3.30. The zero-order valence-electron chi connectivity index (χ0n) is 16.5. The predicted molar refractivity (Wildman–Crippen MR) is 103 cm³/mol. The minimum Gasteiger partial charge on any atom is -0.395 e. The molecular weight excluding hydrogens is 334 g/mol. The summed E-state index contributed by atoms with van der Waals surface area (Å²) in [5, 5.41) is 8.72. The van der Waals surface area contributed by atoms with Gasteiger partial charge in [-0.3, -0.25) is 29.2 Å². The van der Waals surface area contributed by atoms with E-state index in [2.05, 4.69) is 19.6 Å². The lowest BCUT2D eigenvalue weighted by Crippen LogP contribution is -2.48. The number of aliphatic hydroxyl groups is 1. The van der Waals surface area contributed by atoms with Gasteiger partial charge in [-0.2, -0.15) is 0 Å². The van der Waals surface area contributed by atoms with Crippen molar-refractivity contribution in [2.24, 2.45) is 5.73 Å². The molecule has 0 saturated carbocycles. The van der Waals surface area contributed by atoms with Crippen LogP contribution in [0.15, 0.2) is 0 Å². The fraction of sp³-hybridized carbons (Fsp3) is 0.889. The molecule has 0 bridgehead atoms. The first kappa shape index (κ1) is 23.1. The van der Waals surface area contributed by atoms with Crippen LogP contribution in [-0.2, 0) is 9.59 Å². The van der Waals surface area contributed by atoms with E-state index in [0.29, 0.717) is 13.1 Å². The molecule has 0 aromatic rings. The standard InChI is InChI=1S/C9H19N3O.C9H18N2O2/c1-9(13)8-12-6-4-11(3-2-10)5-7-12;1-9(13)8-11-4-2-10(3-5-11)6-7-12/h2-8,10H2,1H3;12H,2-8H2,1H3. The Labute approximate surface area is 157 Å². The van der Waals surface area contributed by atoms with Crippen molar-refractivity contribution in [3.8, 4) is 0 Å². The van der Waals surface area contributed by atoms with Crippen LogP contribution in [0.25, 0.3) is 0 Å². The van der Waals surface area contributed by atoms with E-state index >= 15 is 0 Å². The summed E-state index contributed by atoms with van der Waals surface area (Å²) in [6.07, 6.45) is 0. The van der Waals surface area contributed by atoms with E-state index in [-0.39, 0.29) is 18.2 Å². The van der Waals surface area contributed by atoms with Gasteiger partial charge in [0.15, 0.2) is 0 Å². The van der Waals surface area contributed by atoms with Crippen LogP contribution in [0.3, 0.4) is 0 Å².